The Hall–Kier alpha value is -5.88. The molecule has 58 heavy (non-hydrogen) atoms. The van der Waals surface area contributed by atoms with Crippen molar-refractivity contribution >= 4 is 0 Å². The number of para-hydroxylation sites is 2. The average molecular weight is 777 g/mol. The summed E-state index contributed by atoms with van der Waals surface area (Å²) in [6, 6.07) is 36.9. The van der Waals surface area contributed by atoms with Crippen LogP contribution >= 0.6 is 0 Å². The molecule has 0 amide bonds. The third-order valence-electron chi connectivity index (χ3n) is 11.2. The number of aromatic hydroxyl groups is 2. The van der Waals surface area contributed by atoms with Crippen LogP contribution in [0.5, 0.6) is 34.5 Å². The maximum absolute atomic E-state index is 12.0. The molecule has 0 spiro atoms. The first-order valence-electron chi connectivity index (χ1n) is 20.1. The molecule has 0 unspecified atom stereocenters. The summed E-state index contributed by atoms with van der Waals surface area (Å²) in [6.07, 6.45) is 1.72. The van der Waals surface area contributed by atoms with Crippen molar-refractivity contribution in [2.75, 3.05) is 14.2 Å². The van der Waals surface area contributed by atoms with Gasteiger partial charge in [0.1, 0.15) is 47.7 Å². The third kappa shape index (κ3) is 8.97. The first-order valence-corrected chi connectivity index (χ1v) is 20.1. The molecule has 7 rings (SSSR count). The van der Waals surface area contributed by atoms with Crippen molar-refractivity contribution in [2.24, 2.45) is 0 Å². The van der Waals surface area contributed by atoms with Crippen LogP contribution in [0.3, 0.4) is 0 Å². The molecule has 1 aliphatic rings. The lowest BCUT2D eigenvalue weighted by Gasteiger charge is -2.21. The fourth-order valence-electron chi connectivity index (χ4n) is 7.98. The summed E-state index contributed by atoms with van der Waals surface area (Å²) in [4.78, 5) is 0. The van der Waals surface area contributed by atoms with Crippen LogP contribution in [0.1, 0.15) is 108 Å². The maximum Gasteiger partial charge on any atom is 0.125 e. The smallest absolute Gasteiger partial charge is 0.125 e. The Kier molecular flexibility index (Phi) is 11.5. The number of hydrogen-bond acceptors (Lipinski definition) is 6. The summed E-state index contributed by atoms with van der Waals surface area (Å²) < 4.78 is 24.9. The molecule has 0 aliphatic heterocycles. The topological polar surface area (TPSA) is 77.4 Å². The van der Waals surface area contributed by atoms with Crippen molar-refractivity contribution in [3.05, 3.63) is 176 Å². The minimum atomic E-state index is 0.0516. The molecular weight excluding hydrogens is 721 g/mol. The van der Waals surface area contributed by atoms with E-state index in [-0.39, 0.29) is 22.3 Å². The van der Waals surface area contributed by atoms with Crippen LogP contribution < -0.4 is 18.9 Å². The van der Waals surface area contributed by atoms with Gasteiger partial charge in [0.2, 0.25) is 0 Å². The highest BCUT2D eigenvalue weighted by molar-refractivity contribution is 5.57. The predicted molar refractivity (Wildman–Crippen MR) is 232 cm³/mol. The molecule has 8 bridgehead atoms. The van der Waals surface area contributed by atoms with Gasteiger partial charge in [-0.25, -0.2) is 0 Å². The van der Waals surface area contributed by atoms with Gasteiger partial charge in [-0.1, -0.05) is 102 Å². The van der Waals surface area contributed by atoms with Gasteiger partial charge in [0.15, 0.2) is 0 Å². The normalized spacial score (nSPS) is 12.8. The Morgan fingerprint density at radius 1 is 0.431 bits per heavy atom. The van der Waals surface area contributed by atoms with E-state index < -0.39 is 0 Å². The SMILES string of the molecule is COc1c2cccc1Cc1cc(COc3ccc(C(C)(C)C)cc3)cc(c1O)Cc1cccc(c1OC)Cc1cc(COc3ccc(C(C)(C)C)cc3)cc(c1O)C2. The van der Waals surface area contributed by atoms with Crippen molar-refractivity contribution in [3.8, 4) is 34.5 Å². The Bertz CT molecular complexity index is 2130. The molecule has 6 nitrogen and oxygen atoms in total. The molecule has 6 heteroatoms. The highest BCUT2D eigenvalue weighted by Gasteiger charge is 2.22. The zero-order chi connectivity index (χ0) is 41.2. The Morgan fingerprint density at radius 3 is 0.983 bits per heavy atom. The fourth-order valence-corrected chi connectivity index (χ4v) is 7.98. The van der Waals surface area contributed by atoms with Crippen LogP contribution in [0.2, 0.25) is 0 Å². The number of hydrogen-bond donors (Lipinski definition) is 2. The van der Waals surface area contributed by atoms with E-state index in [1.807, 2.05) is 84.9 Å². The lowest BCUT2D eigenvalue weighted by molar-refractivity contribution is 0.305. The molecular formula is C52H56O6. The van der Waals surface area contributed by atoms with E-state index in [1.54, 1.807) is 14.2 Å². The Labute approximate surface area is 344 Å². The molecule has 6 aromatic carbocycles. The van der Waals surface area contributed by atoms with Crippen molar-refractivity contribution in [1.29, 1.82) is 0 Å². The molecule has 300 valence electrons. The van der Waals surface area contributed by atoms with Crippen LogP contribution in [0.15, 0.2) is 109 Å². The number of rotatable bonds is 8. The van der Waals surface area contributed by atoms with E-state index in [0.29, 0.717) is 38.9 Å². The van der Waals surface area contributed by atoms with Gasteiger partial charge >= 0.3 is 0 Å². The summed E-state index contributed by atoms with van der Waals surface area (Å²) >= 11 is 0. The summed E-state index contributed by atoms with van der Waals surface area (Å²) in [5, 5.41) is 23.9. The summed E-state index contributed by atoms with van der Waals surface area (Å²) in [7, 11) is 3.36. The van der Waals surface area contributed by atoms with Gasteiger partial charge in [0.25, 0.3) is 0 Å². The maximum atomic E-state index is 12.0. The Morgan fingerprint density at radius 2 is 0.724 bits per heavy atom. The first-order chi connectivity index (χ1) is 27.7. The lowest BCUT2D eigenvalue weighted by Crippen LogP contribution is -2.10. The van der Waals surface area contributed by atoms with Gasteiger partial charge < -0.3 is 29.2 Å². The second-order valence-electron chi connectivity index (χ2n) is 17.6. The highest BCUT2D eigenvalue weighted by atomic mass is 16.5. The molecule has 0 saturated carbocycles. The molecule has 0 fully saturated rings. The second-order valence-corrected chi connectivity index (χ2v) is 17.6. The summed E-state index contributed by atoms with van der Waals surface area (Å²) in [5.74, 6) is 3.52. The lowest BCUT2D eigenvalue weighted by atomic mass is 9.87. The molecule has 0 atom stereocenters. The van der Waals surface area contributed by atoms with Crippen LogP contribution in [-0.4, -0.2) is 24.4 Å². The van der Waals surface area contributed by atoms with E-state index in [0.717, 1.165) is 78.6 Å². The average Bonchev–Trinajstić information content (AvgIpc) is 3.19. The van der Waals surface area contributed by atoms with Gasteiger partial charge in [-0.15, -0.1) is 0 Å². The first kappa shape index (κ1) is 40.3. The zero-order valence-corrected chi connectivity index (χ0v) is 35.2. The van der Waals surface area contributed by atoms with Crippen molar-refractivity contribution in [3.63, 3.8) is 0 Å². The van der Waals surface area contributed by atoms with E-state index in [4.69, 9.17) is 18.9 Å². The van der Waals surface area contributed by atoms with E-state index in [1.165, 1.54) is 11.1 Å². The van der Waals surface area contributed by atoms with Gasteiger partial charge in [-0.05, 0) is 126 Å². The minimum Gasteiger partial charge on any atom is -0.507 e. The third-order valence-corrected chi connectivity index (χ3v) is 11.2. The molecule has 0 aromatic heterocycles. The summed E-state index contributed by atoms with van der Waals surface area (Å²) in [6.45, 7) is 13.9. The van der Waals surface area contributed by atoms with Crippen LogP contribution in [0, 0.1) is 0 Å². The molecule has 0 saturated heterocycles. The van der Waals surface area contributed by atoms with Gasteiger partial charge in [0, 0.05) is 25.7 Å². The minimum absolute atomic E-state index is 0.0516. The second kappa shape index (κ2) is 16.5. The number of benzene rings is 6. The summed E-state index contributed by atoms with van der Waals surface area (Å²) in [5.41, 5.74) is 11.3. The standard InChI is InChI=1S/C52H56O6/c1-51(2,3)43-15-19-45(20-16-43)57-31-33-23-39-27-35-11-9-13-37(49(35)55-7)29-41-25-34(32-58-46-21-17-44(18-22-46)52(4,5)6)26-42(48(41)54)30-38-14-10-12-36(50(38)56-8)28-40(24-33)47(39)53/h9-26,53-54H,27-32H2,1-8H3. The highest BCUT2D eigenvalue weighted by Crippen LogP contribution is 2.39. The van der Waals surface area contributed by atoms with Crippen molar-refractivity contribution < 1.29 is 29.2 Å². The predicted octanol–water partition coefficient (Wildman–Crippen LogP) is 11.5. The van der Waals surface area contributed by atoms with Crippen molar-refractivity contribution in [2.45, 2.75) is 91.3 Å². The van der Waals surface area contributed by atoms with E-state index in [2.05, 4.69) is 65.8 Å². The monoisotopic (exact) mass is 776 g/mol. The fraction of sp³-hybridized carbons (Fsp3) is 0.308. The molecule has 1 aliphatic carbocycles. The number of phenolic OH excluding ortho intramolecular Hbond substituents is 2. The molecule has 2 N–H and O–H groups in total. The van der Waals surface area contributed by atoms with Crippen LogP contribution in [0.25, 0.3) is 0 Å². The van der Waals surface area contributed by atoms with Gasteiger partial charge in [-0.2, -0.15) is 0 Å². The van der Waals surface area contributed by atoms with Crippen LogP contribution in [0.4, 0.5) is 0 Å². The Balaban J connectivity index is 1.28. The van der Waals surface area contributed by atoms with Gasteiger partial charge in [-0.3, -0.25) is 0 Å². The van der Waals surface area contributed by atoms with Crippen LogP contribution in [-0.2, 0) is 49.7 Å². The van der Waals surface area contributed by atoms with Crippen molar-refractivity contribution in [1.82, 2.24) is 0 Å². The number of phenols is 2. The molecule has 6 aromatic rings. The largest absolute Gasteiger partial charge is 0.507 e. The quantitative estimate of drug-likeness (QED) is 0.160. The number of fused-ring (bicyclic) bond motifs is 8. The van der Waals surface area contributed by atoms with E-state index >= 15 is 0 Å². The number of ether oxygens (including phenoxy) is 4. The molecule has 0 radical (unpaired) electrons. The zero-order valence-electron chi connectivity index (χ0n) is 35.2. The molecule has 0 heterocycles. The number of methoxy groups -OCH3 is 2. The van der Waals surface area contributed by atoms with Gasteiger partial charge in [0.05, 0.1) is 14.2 Å². The van der Waals surface area contributed by atoms with E-state index in [9.17, 15) is 10.2 Å².